The molecule has 0 aliphatic rings. The van der Waals surface area contributed by atoms with Gasteiger partial charge in [-0.1, -0.05) is 29.8 Å². The smallest absolute Gasteiger partial charge is 0.319 e. The summed E-state index contributed by atoms with van der Waals surface area (Å²) in [6, 6.07) is 18.5. The van der Waals surface area contributed by atoms with Gasteiger partial charge in [-0.2, -0.15) is 0 Å². The Balaban J connectivity index is 1.43. The number of hydrogen-bond donors (Lipinski definition) is 3. The lowest BCUT2D eigenvalue weighted by Gasteiger charge is -2.09. The Morgan fingerprint density at radius 3 is 2.21 bits per heavy atom. The Bertz CT molecular complexity index is 939. The number of anilines is 1. The number of rotatable bonds is 7. The summed E-state index contributed by atoms with van der Waals surface area (Å²) < 4.78 is 0. The first-order valence-electron chi connectivity index (χ1n) is 9.48. The van der Waals surface area contributed by atoms with Crippen molar-refractivity contribution in [3.8, 4) is 0 Å². The van der Waals surface area contributed by atoms with Crippen LogP contribution < -0.4 is 16.0 Å². The lowest BCUT2D eigenvalue weighted by atomic mass is 10.1. The van der Waals surface area contributed by atoms with Gasteiger partial charge in [0.25, 0.3) is 5.91 Å². The van der Waals surface area contributed by atoms with Crippen molar-refractivity contribution in [2.75, 3.05) is 11.9 Å². The van der Waals surface area contributed by atoms with Gasteiger partial charge in [0, 0.05) is 36.7 Å². The van der Waals surface area contributed by atoms with Crippen molar-refractivity contribution in [1.82, 2.24) is 15.6 Å². The Morgan fingerprint density at radius 1 is 0.828 bits per heavy atom. The molecular formula is C23H24N4O2. The van der Waals surface area contributed by atoms with Crippen LogP contribution in [0.5, 0.6) is 0 Å². The van der Waals surface area contributed by atoms with E-state index in [4.69, 9.17) is 0 Å². The molecule has 3 N–H and O–H groups in total. The molecule has 148 valence electrons. The van der Waals surface area contributed by atoms with Crippen molar-refractivity contribution in [2.24, 2.45) is 0 Å². The molecule has 6 heteroatoms. The minimum absolute atomic E-state index is 0.134. The van der Waals surface area contributed by atoms with Gasteiger partial charge in [0.05, 0.1) is 0 Å². The molecule has 0 unspecified atom stereocenters. The van der Waals surface area contributed by atoms with Gasteiger partial charge < -0.3 is 16.0 Å². The number of carbonyl (C=O) groups is 2. The summed E-state index contributed by atoms with van der Waals surface area (Å²) in [6.45, 7) is 3.03. The van der Waals surface area contributed by atoms with Gasteiger partial charge >= 0.3 is 6.03 Å². The molecular weight excluding hydrogens is 364 g/mol. The molecule has 0 bridgehead atoms. The monoisotopic (exact) mass is 388 g/mol. The van der Waals surface area contributed by atoms with Gasteiger partial charge in [-0.3, -0.25) is 9.78 Å². The number of nitrogens with zero attached hydrogens (tertiary/aromatic N) is 1. The Hall–Kier alpha value is -3.67. The van der Waals surface area contributed by atoms with E-state index in [1.54, 1.807) is 36.7 Å². The highest BCUT2D eigenvalue weighted by Crippen LogP contribution is 2.10. The fourth-order valence-electron chi connectivity index (χ4n) is 2.74. The van der Waals surface area contributed by atoms with Gasteiger partial charge in [0.1, 0.15) is 0 Å². The van der Waals surface area contributed by atoms with Crippen LogP contribution in [0.25, 0.3) is 0 Å². The molecule has 3 rings (SSSR count). The number of benzene rings is 2. The van der Waals surface area contributed by atoms with Crippen molar-refractivity contribution in [2.45, 2.75) is 19.9 Å². The van der Waals surface area contributed by atoms with E-state index in [1.165, 1.54) is 11.1 Å². The molecule has 0 saturated carbocycles. The van der Waals surface area contributed by atoms with E-state index in [2.05, 4.69) is 52.1 Å². The van der Waals surface area contributed by atoms with Crippen LogP contribution in [0.1, 0.15) is 27.0 Å². The van der Waals surface area contributed by atoms with Crippen molar-refractivity contribution < 1.29 is 9.59 Å². The van der Waals surface area contributed by atoms with E-state index in [0.29, 0.717) is 24.3 Å². The molecule has 3 amide bonds. The van der Waals surface area contributed by atoms with Crippen LogP contribution >= 0.6 is 0 Å². The predicted octanol–water partition coefficient (Wildman–Crippen LogP) is 3.68. The molecule has 0 radical (unpaired) electrons. The van der Waals surface area contributed by atoms with E-state index >= 15 is 0 Å². The Morgan fingerprint density at radius 2 is 1.52 bits per heavy atom. The number of amides is 3. The Labute approximate surface area is 170 Å². The first kappa shape index (κ1) is 20.1. The van der Waals surface area contributed by atoms with Crippen LogP contribution in [0.15, 0.2) is 73.1 Å². The normalized spacial score (nSPS) is 10.2. The summed E-state index contributed by atoms with van der Waals surface area (Å²) in [5, 5.41) is 8.44. The molecule has 2 aromatic carbocycles. The largest absolute Gasteiger partial charge is 0.352 e. The number of aryl methyl sites for hydroxylation is 1. The molecule has 0 fully saturated rings. The maximum atomic E-state index is 12.3. The molecule has 0 aliphatic carbocycles. The van der Waals surface area contributed by atoms with Gasteiger partial charge in [-0.15, -0.1) is 0 Å². The van der Waals surface area contributed by atoms with Crippen molar-refractivity contribution in [3.05, 3.63) is 95.3 Å². The third-order valence-corrected chi connectivity index (χ3v) is 4.43. The van der Waals surface area contributed by atoms with E-state index < -0.39 is 0 Å². The highest BCUT2D eigenvalue weighted by atomic mass is 16.2. The highest BCUT2D eigenvalue weighted by Gasteiger charge is 2.06. The number of pyridine rings is 1. The van der Waals surface area contributed by atoms with Crippen molar-refractivity contribution in [1.29, 1.82) is 0 Å². The minimum atomic E-state index is -0.308. The second-order valence-corrected chi connectivity index (χ2v) is 6.73. The highest BCUT2D eigenvalue weighted by molar-refractivity contribution is 5.95. The molecule has 0 spiro atoms. The van der Waals surface area contributed by atoms with Gasteiger partial charge in [0.15, 0.2) is 0 Å². The number of nitrogens with one attached hydrogen (secondary N) is 3. The molecule has 0 atom stereocenters. The van der Waals surface area contributed by atoms with E-state index in [-0.39, 0.29) is 11.9 Å². The molecule has 1 heterocycles. The summed E-state index contributed by atoms with van der Waals surface area (Å²) in [5.74, 6) is -0.134. The zero-order valence-corrected chi connectivity index (χ0v) is 16.3. The zero-order valence-electron chi connectivity index (χ0n) is 16.3. The number of urea groups is 1. The van der Waals surface area contributed by atoms with Crippen LogP contribution in [-0.4, -0.2) is 23.5 Å². The van der Waals surface area contributed by atoms with Gasteiger partial charge in [0.2, 0.25) is 0 Å². The maximum Gasteiger partial charge on any atom is 0.319 e. The van der Waals surface area contributed by atoms with Crippen LogP contribution in [0, 0.1) is 6.92 Å². The van der Waals surface area contributed by atoms with Gasteiger partial charge in [-0.25, -0.2) is 4.79 Å². The molecule has 0 aliphatic heterocycles. The van der Waals surface area contributed by atoms with E-state index in [9.17, 15) is 9.59 Å². The molecule has 3 aromatic rings. The first-order valence-corrected chi connectivity index (χ1v) is 9.48. The van der Waals surface area contributed by atoms with Crippen LogP contribution in [0.3, 0.4) is 0 Å². The third kappa shape index (κ3) is 6.46. The topological polar surface area (TPSA) is 83.1 Å². The Kier molecular flexibility index (Phi) is 6.95. The number of hydrogen-bond acceptors (Lipinski definition) is 3. The second kappa shape index (κ2) is 10.0. The molecule has 6 nitrogen and oxygen atoms in total. The van der Waals surface area contributed by atoms with Crippen molar-refractivity contribution >= 4 is 17.6 Å². The summed E-state index contributed by atoms with van der Waals surface area (Å²) >= 11 is 0. The molecule has 29 heavy (non-hydrogen) atoms. The standard InChI is InChI=1S/C23H24N4O2/c1-17-2-4-18(5-3-17)12-15-25-22(28)20-6-8-21(9-7-20)27-23(29)26-16-19-10-13-24-14-11-19/h2-11,13-14H,12,15-16H2,1H3,(H,25,28)(H2,26,27,29). The lowest BCUT2D eigenvalue weighted by molar-refractivity contribution is 0.0954. The predicted molar refractivity (Wildman–Crippen MR) is 114 cm³/mol. The first-order chi connectivity index (χ1) is 14.1. The fraction of sp³-hybridized carbons (Fsp3) is 0.174. The maximum absolute atomic E-state index is 12.3. The number of aromatic nitrogens is 1. The summed E-state index contributed by atoms with van der Waals surface area (Å²) in [7, 11) is 0. The zero-order chi connectivity index (χ0) is 20.5. The average molecular weight is 388 g/mol. The average Bonchev–Trinajstić information content (AvgIpc) is 2.75. The number of carbonyl (C=O) groups excluding carboxylic acids is 2. The van der Waals surface area contributed by atoms with Crippen LogP contribution in [0.4, 0.5) is 10.5 Å². The van der Waals surface area contributed by atoms with Gasteiger partial charge in [-0.05, 0) is 60.9 Å². The molecule has 0 saturated heterocycles. The lowest BCUT2D eigenvalue weighted by Crippen LogP contribution is -2.28. The minimum Gasteiger partial charge on any atom is -0.352 e. The van der Waals surface area contributed by atoms with Crippen LogP contribution in [-0.2, 0) is 13.0 Å². The van der Waals surface area contributed by atoms with Crippen molar-refractivity contribution in [3.63, 3.8) is 0 Å². The SMILES string of the molecule is Cc1ccc(CCNC(=O)c2ccc(NC(=O)NCc3ccncc3)cc2)cc1. The summed E-state index contributed by atoms with van der Waals surface area (Å²) in [6.07, 6.45) is 4.14. The van der Waals surface area contributed by atoms with Crippen LogP contribution in [0.2, 0.25) is 0 Å². The molecule has 1 aromatic heterocycles. The third-order valence-electron chi connectivity index (χ3n) is 4.43. The van der Waals surface area contributed by atoms with E-state index in [0.717, 1.165) is 12.0 Å². The second-order valence-electron chi connectivity index (χ2n) is 6.73. The summed E-state index contributed by atoms with van der Waals surface area (Å²) in [4.78, 5) is 28.2. The quantitative estimate of drug-likeness (QED) is 0.577. The van der Waals surface area contributed by atoms with E-state index in [1.807, 2.05) is 12.1 Å². The fourth-order valence-corrected chi connectivity index (χ4v) is 2.74. The summed E-state index contributed by atoms with van der Waals surface area (Å²) in [5.41, 5.74) is 4.55.